The van der Waals surface area contributed by atoms with Crippen LogP contribution in [0, 0.1) is 17.2 Å². The molecule has 25 heavy (non-hydrogen) atoms. The van der Waals surface area contributed by atoms with Gasteiger partial charge in [0.25, 0.3) is 0 Å². The highest BCUT2D eigenvalue weighted by Gasteiger charge is 2.11. The van der Waals surface area contributed by atoms with Crippen molar-refractivity contribution in [1.82, 2.24) is 5.32 Å². The van der Waals surface area contributed by atoms with E-state index in [0.29, 0.717) is 11.3 Å². The number of allylic oxidation sites excluding steroid dienone is 1. The standard InChI is InChI=1S/C22H25N3/c1-15(17(3)24)13-16(2)25-18(4)20-9-11-22(12-10-20)21-7-5-19(14-23)6-8-21/h5-12,15-16,25H,3-4,13,24H2,1-2H3/t15-,16?/m1/s1. The molecule has 0 bridgehead atoms. The molecule has 3 N–H and O–H groups in total. The van der Waals surface area contributed by atoms with Crippen molar-refractivity contribution in [3.8, 4) is 17.2 Å². The number of hydrogen-bond acceptors (Lipinski definition) is 3. The second-order valence-electron chi connectivity index (χ2n) is 6.50. The van der Waals surface area contributed by atoms with Gasteiger partial charge in [0.05, 0.1) is 11.6 Å². The molecule has 2 aromatic rings. The molecule has 0 aliphatic carbocycles. The predicted molar refractivity (Wildman–Crippen MR) is 105 cm³/mol. The Morgan fingerprint density at radius 1 is 1.04 bits per heavy atom. The van der Waals surface area contributed by atoms with Crippen LogP contribution in [0.1, 0.15) is 31.4 Å². The van der Waals surface area contributed by atoms with Gasteiger partial charge in [-0.2, -0.15) is 5.26 Å². The zero-order valence-electron chi connectivity index (χ0n) is 14.9. The van der Waals surface area contributed by atoms with Crippen molar-refractivity contribution in [2.24, 2.45) is 11.7 Å². The average molecular weight is 331 g/mol. The molecule has 128 valence electrons. The third-order valence-electron chi connectivity index (χ3n) is 4.34. The molecule has 0 radical (unpaired) electrons. The Kier molecular flexibility index (Phi) is 6.03. The van der Waals surface area contributed by atoms with Gasteiger partial charge in [-0.3, -0.25) is 0 Å². The maximum Gasteiger partial charge on any atom is 0.0991 e. The Labute approximate surface area is 150 Å². The summed E-state index contributed by atoms with van der Waals surface area (Å²) in [5.74, 6) is 0.272. The van der Waals surface area contributed by atoms with E-state index in [9.17, 15) is 0 Å². The summed E-state index contributed by atoms with van der Waals surface area (Å²) in [6.45, 7) is 12.1. The Hall–Kier alpha value is -2.99. The summed E-state index contributed by atoms with van der Waals surface area (Å²) < 4.78 is 0. The third kappa shape index (κ3) is 4.99. The molecule has 0 fully saturated rings. The molecule has 3 nitrogen and oxygen atoms in total. The van der Waals surface area contributed by atoms with Crippen LogP contribution in [0.2, 0.25) is 0 Å². The molecule has 0 heterocycles. The van der Waals surface area contributed by atoms with Gasteiger partial charge in [0.2, 0.25) is 0 Å². The summed E-state index contributed by atoms with van der Waals surface area (Å²) >= 11 is 0. The van der Waals surface area contributed by atoms with E-state index in [1.54, 1.807) is 0 Å². The number of hydrogen-bond donors (Lipinski definition) is 2. The number of nitriles is 1. The number of rotatable bonds is 7. The van der Waals surface area contributed by atoms with Crippen LogP contribution in [0.5, 0.6) is 0 Å². The summed E-state index contributed by atoms with van der Waals surface area (Å²) in [5, 5.41) is 12.3. The van der Waals surface area contributed by atoms with Crippen molar-refractivity contribution < 1.29 is 0 Å². The van der Waals surface area contributed by atoms with E-state index >= 15 is 0 Å². The fraction of sp³-hybridized carbons (Fsp3) is 0.227. The summed E-state index contributed by atoms with van der Waals surface area (Å²) in [6, 6.07) is 18.2. The maximum absolute atomic E-state index is 8.87. The SMILES string of the molecule is C=C(NC(C)C[C@@H](C)C(=C)N)c1ccc(-c2ccc(C#N)cc2)cc1. The first-order valence-corrected chi connectivity index (χ1v) is 8.41. The number of nitrogens with two attached hydrogens (primary N) is 1. The maximum atomic E-state index is 8.87. The van der Waals surface area contributed by atoms with Gasteiger partial charge in [-0.25, -0.2) is 0 Å². The van der Waals surface area contributed by atoms with Gasteiger partial charge < -0.3 is 11.1 Å². The molecular weight excluding hydrogens is 306 g/mol. The molecule has 0 amide bonds. The van der Waals surface area contributed by atoms with Crippen LogP contribution >= 0.6 is 0 Å². The fourth-order valence-corrected chi connectivity index (χ4v) is 2.72. The largest absolute Gasteiger partial charge is 0.402 e. The smallest absolute Gasteiger partial charge is 0.0991 e. The van der Waals surface area contributed by atoms with E-state index in [1.807, 2.05) is 24.3 Å². The monoisotopic (exact) mass is 331 g/mol. The van der Waals surface area contributed by atoms with Crippen LogP contribution in [-0.4, -0.2) is 6.04 Å². The molecule has 0 aromatic heterocycles. The van der Waals surface area contributed by atoms with E-state index in [0.717, 1.165) is 28.8 Å². The quantitative estimate of drug-likeness (QED) is 0.775. The number of nitrogens with one attached hydrogen (secondary N) is 1. The molecule has 0 saturated carbocycles. The van der Waals surface area contributed by atoms with Gasteiger partial charge in [0, 0.05) is 17.4 Å². The molecule has 3 heteroatoms. The summed E-state index contributed by atoms with van der Waals surface area (Å²) in [4.78, 5) is 0. The lowest BCUT2D eigenvalue weighted by Crippen LogP contribution is -2.27. The van der Waals surface area contributed by atoms with E-state index < -0.39 is 0 Å². The zero-order valence-corrected chi connectivity index (χ0v) is 14.9. The van der Waals surface area contributed by atoms with E-state index in [4.69, 9.17) is 11.0 Å². The minimum absolute atomic E-state index is 0.265. The molecule has 1 unspecified atom stereocenters. The second-order valence-corrected chi connectivity index (χ2v) is 6.50. The third-order valence-corrected chi connectivity index (χ3v) is 4.34. The fourth-order valence-electron chi connectivity index (χ4n) is 2.72. The topological polar surface area (TPSA) is 61.8 Å². The van der Waals surface area contributed by atoms with Crippen molar-refractivity contribution in [3.63, 3.8) is 0 Å². The lowest BCUT2D eigenvalue weighted by molar-refractivity contribution is 0.500. The van der Waals surface area contributed by atoms with Crippen LogP contribution in [0.15, 0.2) is 67.4 Å². The highest BCUT2D eigenvalue weighted by atomic mass is 14.9. The van der Waals surface area contributed by atoms with Gasteiger partial charge in [-0.15, -0.1) is 0 Å². The minimum atomic E-state index is 0.265. The van der Waals surface area contributed by atoms with Gasteiger partial charge in [-0.1, -0.05) is 56.5 Å². The molecule has 2 rings (SSSR count). The predicted octanol–water partition coefficient (Wildman–Crippen LogP) is 4.67. The summed E-state index contributed by atoms with van der Waals surface area (Å²) in [7, 11) is 0. The van der Waals surface area contributed by atoms with Gasteiger partial charge in [0.15, 0.2) is 0 Å². The highest BCUT2D eigenvalue weighted by Crippen LogP contribution is 2.22. The van der Waals surface area contributed by atoms with Crippen LogP contribution in [0.25, 0.3) is 16.8 Å². The van der Waals surface area contributed by atoms with Crippen LogP contribution < -0.4 is 11.1 Å². The van der Waals surface area contributed by atoms with Crippen LogP contribution in [0.4, 0.5) is 0 Å². The number of nitrogens with zero attached hydrogens (tertiary/aromatic N) is 1. The Morgan fingerprint density at radius 3 is 2.04 bits per heavy atom. The average Bonchev–Trinajstić information content (AvgIpc) is 2.61. The normalized spacial score (nSPS) is 12.7. The lowest BCUT2D eigenvalue weighted by atomic mass is 9.99. The lowest BCUT2D eigenvalue weighted by Gasteiger charge is -2.21. The summed E-state index contributed by atoms with van der Waals surface area (Å²) in [6.07, 6.45) is 0.914. The second kappa shape index (κ2) is 8.21. The molecule has 0 aliphatic rings. The van der Waals surface area contributed by atoms with Crippen LogP contribution in [-0.2, 0) is 0 Å². The summed E-state index contributed by atoms with van der Waals surface area (Å²) in [5.41, 5.74) is 11.3. The first kappa shape index (κ1) is 18.4. The molecule has 0 saturated heterocycles. The van der Waals surface area contributed by atoms with E-state index in [-0.39, 0.29) is 12.0 Å². The number of benzene rings is 2. The van der Waals surface area contributed by atoms with E-state index in [1.165, 1.54) is 0 Å². The Bertz CT molecular complexity index is 780. The Morgan fingerprint density at radius 2 is 1.56 bits per heavy atom. The molecule has 2 aromatic carbocycles. The zero-order chi connectivity index (χ0) is 18.4. The van der Waals surface area contributed by atoms with Crippen LogP contribution in [0.3, 0.4) is 0 Å². The minimum Gasteiger partial charge on any atom is -0.402 e. The first-order chi connectivity index (χ1) is 11.9. The molecule has 2 atom stereocenters. The van der Waals surface area contributed by atoms with Crippen molar-refractivity contribution >= 4 is 5.70 Å². The molecule has 0 spiro atoms. The first-order valence-electron chi connectivity index (χ1n) is 8.41. The van der Waals surface area contributed by atoms with Crippen molar-refractivity contribution in [2.45, 2.75) is 26.3 Å². The molecule has 0 aliphatic heterocycles. The van der Waals surface area contributed by atoms with Gasteiger partial charge >= 0.3 is 0 Å². The molecular formula is C22H25N3. The van der Waals surface area contributed by atoms with Gasteiger partial charge in [0.1, 0.15) is 0 Å². The van der Waals surface area contributed by atoms with E-state index in [2.05, 4.69) is 62.7 Å². The van der Waals surface area contributed by atoms with Crippen molar-refractivity contribution in [3.05, 3.63) is 78.5 Å². The van der Waals surface area contributed by atoms with Gasteiger partial charge in [-0.05, 0) is 48.1 Å². The highest BCUT2D eigenvalue weighted by molar-refractivity contribution is 5.69. The van der Waals surface area contributed by atoms with Crippen molar-refractivity contribution in [2.75, 3.05) is 0 Å². The van der Waals surface area contributed by atoms with Crippen molar-refractivity contribution in [1.29, 1.82) is 5.26 Å². The Balaban J connectivity index is 2.02.